The van der Waals surface area contributed by atoms with Crippen molar-refractivity contribution in [3.63, 3.8) is 0 Å². The summed E-state index contributed by atoms with van der Waals surface area (Å²) in [5.41, 5.74) is 3.68. The summed E-state index contributed by atoms with van der Waals surface area (Å²) in [6.07, 6.45) is 6.12. The zero-order valence-electron chi connectivity index (χ0n) is 15.4. The van der Waals surface area contributed by atoms with E-state index in [4.69, 9.17) is 5.21 Å². The molecule has 2 N–H and O–H groups in total. The van der Waals surface area contributed by atoms with Gasteiger partial charge < -0.3 is 4.90 Å². The molecule has 0 aliphatic heterocycles. The fraction of sp³-hybridized carbons (Fsp3) is 0.364. The Morgan fingerprint density at radius 3 is 2.22 bits per heavy atom. The van der Waals surface area contributed by atoms with Crippen molar-refractivity contribution in [2.75, 3.05) is 6.54 Å². The maximum Gasteiger partial charge on any atom is 0.274 e. The predicted octanol–water partition coefficient (Wildman–Crippen LogP) is 4.03. The zero-order chi connectivity index (χ0) is 19.1. The summed E-state index contributed by atoms with van der Waals surface area (Å²) in [5.74, 6) is 0.0465. The third kappa shape index (κ3) is 5.17. The van der Waals surface area contributed by atoms with Crippen molar-refractivity contribution in [3.8, 4) is 0 Å². The second-order valence-corrected chi connectivity index (χ2v) is 7.19. The molecule has 27 heavy (non-hydrogen) atoms. The number of hydroxylamine groups is 1. The SMILES string of the molecule is O=C(NO)c1ccc(CN(CC2CCCCC2)C(=O)c2ccccc2)cc1. The third-order valence-electron chi connectivity index (χ3n) is 5.20. The van der Waals surface area contributed by atoms with Gasteiger partial charge in [-0.25, -0.2) is 5.48 Å². The van der Waals surface area contributed by atoms with Crippen molar-refractivity contribution in [2.45, 2.75) is 38.6 Å². The number of benzene rings is 2. The van der Waals surface area contributed by atoms with E-state index in [-0.39, 0.29) is 5.91 Å². The molecule has 1 aliphatic carbocycles. The minimum atomic E-state index is -0.541. The van der Waals surface area contributed by atoms with Crippen molar-refractivity contribution in [2.24, 2.45) is 5.92 Å². The van der Waals surface area contributed by atoms with Gasteiger partial charge in [0.1, 0.15) is 0 Å². The normalized spacial score (nSPS) is 14.6. The number of rotatable bonds is 6. The molecule has 5 nitrogen and oxygen atoms in total. The van der Waals surface area contributed by atoms with Crippen molar-refractivity contribution >= 4 is 11.8 Å². The molecule has 1 aliphatic rings. The third-order valence-corrected chi connectivity index (χ3v) is 5.20. The molecule has 5 heteroatoms. The van der Waals surface area contributed by atoms with Crippen LogP contribution in [0.25, 0.3) is 0 Å². The van der Waals surface area contributed by atoms with E-state index < -0.39 is 5.91 Å². The lowest BCUT2D eigenvalue weighted by Crippen LogP contribution is -2.35. The van der Waals surface area contributed by atoms with Gasteiger partial charge in [0, 0.05) is 24.2 Å². The largest absolute Gasteiger partial charge is 0.334 e. The average molecular weight is 366 g/mol. The molecule has 0 unspecified atom stereocenters. The molecule has 2 amide bonds. The molecule has 0 bridgehead atoms. The van der Waals surface area contributed by atoms with Gasteiger partial charge in [-0.2, -0.15) is 0 Å². The van der Waals surface area contributed by atoms with Crippen LogP contribution >= 0.6 is 0 Å². The van der Waals surface area contributed by atoms with E-state index >= 15 is 0 Å². The lowest BCUT2D eigenvalue weighted by atomic mass is 9.88. The van der Waals surface area contributed by atoms with Crippen LogP contribution in [-0.2, 0) is 6.54 Å². The molecule has 0 heterocycles. The van der Waals surface area contributed by atoms with Crippen molar-refractivity contribution < 1.29 is 14.8 Å². The molecule has 3 rings (SSSR count). The lowest BCUT2D eigenvalue weighted by Gasteiger charge is -2.30. The van der Waals surface area contributed by atoms with Gasteiger partial charge in [0.15, 0.2) is 0 Å². The molecular weight excluding hydrogens is 340 g/mol. The number of hydrogen-bond donors (Lipinski definition) is 2. The second kappa shape index (κ2) is 9.33. The van der Waals surface area contributed by atoms with E-state index in [2.05, 4.69) is 0 Å². The van der Waals surface area contributed by atoms with E-state index in [1.807, 2.05) is 47.4 Å². The molecule has 0 aromatic heterocycles. The summed E-state index contributed by atoms with van der Waals surface area (Å²) in [6, 6.07) is 16.4. The predicted molar refractivity (Wildman–Crippen MR) is 103 cm³/mol. The Hall–Kier alpha value is -2.66. The van der Waals surface area contributed by atoms with E-state index in [9.17, 15) is 9.59 Å². The first-order valence-electron chi connectivity index (χ1n) is 9.55. The summed E-state index contributed by atoms with van der Waals surface area (Å²) in [4.78, 5) is 26.5. The highest BCUT2D eigenvalue weighted by Gasteiger charge is 2.22. The smallest absolute Gasteiger partial charge is 0.274 e. The fourth-order valence-electron chi connectivity index (χ4n) is 3.71. The van der Waals surface area contributed by atoms with Gasteiger partial charge in [0.25, 0.3) is 11.8 Å². The van der Waals surface area contributed by atoms with Gasteiger partial charge in [-0.1, -0.05) is 49.6 Å². The Morgan fingerprint density at radius 1 is 0.926 bits per heavy atom. The standard InChI is InChI=1S/C22H26N2O3/c25-21(23-27)19-13-11-18(12-14-19)16-24(15-17-7-3-1-4-8-17)22(26)20-9-5-2-6-10-20/h2,5-6,9-14,17,27H,1,3-4,7-8,15-16H2,(H,23,25). The fourth-order valence-corrected chi connectivity index (χ4v) is 3.71. The quantitative estimate of drug-likeness (QED) is 0.599. The highest BCUT2D eigenvalue weighted by Crippen LogP contribution is 2.25. The second-order valence-electron chi connectivity index (χ2n) is 7.19. The first-order chi connectivity index (χ1) is 13.2. The Kier molecular flexibility index (Phi) is 6.60. The number of carbonyl (C=O) groups excluding carboxylic acids is 2. The summed E-state index contributed by atoms with van der Waals surface area (Å²) in [6.45, 7) is 1.26. The lowest BCUT2D eigenvalue weighted by molar-refractivity contribution is 0.0694. The van der Waals surface area contributed by atoms with Crippen LogP contribution in [0.2, 0.25) is 0 Å². The van der Waals surface area contributed by atoms with E-state index in [0.29, 0.717) is 23.6 Å². The Bertz CT molecular complexity index is 753. The maximum atomic E-state index is 13.1. The minimum Gasteiger partial charge on any atom is -0.334 e. The summed E-state index contributed by atoms with van der Waals surface area (Å²) < 4.78 is 0. The molecule has 142 valence electrons. The molecule has 1 fully saturated rings. The summed E-state index contributed by atoms with van der Waals surface area (Å²) >= 11 is 0. The van der Waals surface area contributed by atoms with E-state index in [1.165, 1.54) is 32.1 Å². The number of hydrogen-bond acceptors (Lipinski definition) is 3. The molecule has 1 saturated carbocycles. The molecular formula is C22H26N2O3. The molecule has 0 spiro atoms. The van der Waals surface area contributed by atoms with Gasteiger partial charge in [0.2, 0.25) is 0 Å². The Balaban J connectivity index is 1.76. The van der Waals surface area contributed by atoms with Gasteiger partial charge in [0.05, 0.1) is 0 Å². The van der Waals surface area contributed by atoms with Crippen LogP contribution in [0.3, 0.4) is 0 Å². The van der Waals surface area contributed by atoms with Crippen molar-refractivity contribution in [1.29, 1.82) is 0 Å². The van der Waals surface area contributed by atoms with Crippen LogP contribution in [-0.4, -0.2) is 28.5 Å². The van der Waals surface area contributed by atoms with Gasteiger partial charge in [-0.3, -0.25) is 14.8 Å². The van der Waals surface area contributed by atoms with Crippen LogP contribution < -0.4 is 5.48 Å². The number of carbonyl (C=O) groups is 2. The first-order valence-corrected chi connectivity index (χ1v) is 9.55. The van der Waals surface area contributed by atoms with Crippen molar-refractivity contribution in [1.82, 2.24) is 10.4 Å². The highest BCUT2D eigenvalue weighted by atomic mass is 16.5. The van der Waals surface area contributed by atoms with E-state index in [1.54, 1.807) is 17.6 Å². The Labute approximate surface area is 160 Å². The average Bonchev–Trinajstić information content (AvgIpc) is 2.74. The molecule has 0 radical (unpaired) electrons. The van der Waals surface area contributed by atoms with E-state index in [0.717, 1.165) is 12.1 Å². The van der Waals surface area contributed by atoms with Crippen LogP contribution in [0.4, 0.5) is 0 Å². The van der Waals surface area contributed by atoms with Gasteiger partial charge in [-0.05, 0) is 48.6 Å². The monoisotopic (exact) mass is 366 g/mol. The van der Waals surface area contributed by atoms with Crippen LogP contribution in [0.15, 0.2) is 54.6 Å². The summed E-state index contributed by atoms with van der Waals surface area (Å²) in [5, 5.41) is 8.73. The first kappa shape index (κ1) is 19.1. The topological polar surface area (TPSA) is 69.6 Å². The van der Waals surface area contributed by atoms with Crippen LogP contribution in [0, 0.1) is 5.92 Å². The van der Waals surface area contributed by atoms with Gasteiger partial charge in [-0.15, -0.1) is 0 Å². The molecule has 0 saturated heterocycles. The van der Waals surface area contributed by atoms with Gasteiger partial charge >= 0.3 is 0 Å². The zero-order valence-corrected chi connectivity index (χ0v) is 15.4. The highest BCUT2D eigenvalue weighted by molar-refractivity contribution is 5.94. The minimum absolute atomic E-state index is 0.0401. The van der Waals surface area contributed by atoms with Crippen LogP contribution in [0.1, 0.15) is 58.4 Å². The maximum absolute atomic E-state index is 13.1. The molecule has 2 aromatic carbocycles. The summed E-state index contributed by atoms with van der Waals surface area (Å²) in [7, 11) is 0. The number of nitrogens with one attached hydrogen (secondary N) is 1. The van der Waals surface area contributed by atoms with Crippen LogP contribution in [0.5, 0.6) is 0 Å². The number of nitrogens with zero attached hydrogens (tertiary/aromatic N) is 1. The molecule has 2 aromatic rings. The molecule has 0 atom stereocenters. The Morgan fingerprint density at radius 2 is 1.59 bits per heavy atom. The number of amides is 2. The van der Waals surface area contributed by atoms with Crippen molar-refractivity contribution in [3.05, 3.63) is 71.3 Å².